The molecule has 0 aromatic heterocycles. The van der Waals surface area contributed by atoms with Crippen LogP contribution in [0, 0.1) is 6.92 Å². The number of rotatable bonds is 3. The predicted octanol–water partition coefficient (Wildman–Crippen LogP) is 3.09. The average Bonchev–Trinajstić information content (AvgIpc) is 2.38. The summed E-state index contributed by atoms with van der Waals surface area (Å²) in [5.41, 5.74) is 8.30. The first-order valence-corrected chi connectivity index (χ1v) is 6.78. The second-order valence-corrected chi connectivity index (χ2v) is 5.37. The fraction of sp³-hybridized carbons (Fsp3) is 0.133. The van der Waals surface area contributed by atoms with Gasteiger partial charge in [0.2, 0.25) is 0 Å². The van der Waals surface area contributed by atoms with Crippen LogP contribution in [-0.2, 0) is 0 Å². The second kappa shape index (κ2) is 5.80. The monoisotopic (exact) mass is 272 g/mol. The minimum atomic E-state index is -0.102. The molecule has 0 unspecified atom stereocenters. The molecule has 0 atom stereocenters. The Labute approximate surface area is 117 Å². The highest BCUT2D eigenvalue weighted by atomic mass is 32.2. The normalized spacial score (nSPS) is 10.2. The second-order valence-electron chi connectivity index (χ2n) is 4.25. The van der Waals surface area contributed by atoms with Crippen molar-refractivity contribution in [1.82, 2.24) is 5.32 Å². The number of anilines is 1. The van der Waals surface area contributed by atoms with Crippen LogP contribution in [0.2, 0.25) is 0 Å². The summed E-state index contributed by atoms with van der Waals surface area (Å²) in [6, 6.07) is 13.5. The zero-order valence-corrected chi connectivity index (χ0v) is 11.8. The lowest BCUT2D eigenvalue weighted by molar-refractivity contribution is 0.0960. The summed E-state index contributed by atoms with van der Waals surface area (Å²) in [7, 11) is 1.62. The first-order valence-electron chi connectivity index (χ1n) is 5.96. The van der Waals surface area contributed by atoms with E-state index in [0.717, 1.165) is 9.79 Å². The van der Waals surface area contributed by atoms with Gasteiger partial charge in [-0.05, 0) is 37.3 Å². The molecule has 0 saturated carbocycles. The zero-order valence-electron chi connectivity index (χ0n) is 10.9. The fourth-order valence-electron chi connectivity index (χ4n) is 1.75. The van der Waals surface area contributed by atoms with Crippen molar-refractivity contribution in [3.8, 4) is 0 Å². The Morgan fingerprint density at radius 1 is 1.21 bits per heavy atom. The minimum Gasteiger partial charge on any atom is -0.399 e. The molecule has 2 aromatic rings. The molecule has 0 fully saturated rings. The van der Waals surface area contributed by atoms with Crippen LogP contribution in [0.1, 0.15) is 15.9 Å². The van der Waals surface area contributed by atoms with Gasteiger partial charge in [-0.1, -0.05) is 29.5 Å². The van der Waals surface area contributed by atoms with E-state index in [0.29, 0.717) is 11.3 Å². The number of aryl methyl sites for hydroxylation is 1. The lowest BCUT2D eigenvalue weighted by atomic mass is 10.2. The van der Waals surface area contributed by atoms with E-state index >= 15 is 0 Å². The third kappa shape index (κ3) is 3.29. The molecule has 2 aromatic carbocycles. The van der Waals surface area contributed by atoms with Crippen molar-refractivity contribution in [2.45, 2.75) is 16.7 Å². The van der Waals surface area contributed by atoms with Gasteiger partial charge in [-0.25, -0.2) is 0 Å². The van der Waals surface area contributed by atoms with Gasteiger partial charge < -0.3 is 11.1 Å². The van der Waals surface area contributed by atoms with E-state index in [-0.39, 0.29) is 5.91 Å². The zero-order chi connectivity index (χ0) is 13.8. The van der Waals surface area contributed by atoms with Gasteiger partial charge in [-0.3, -0.25) is 4.79 Å². The molecule has 2 rings (SSSR count). The largest absolute Gasteiger partial charge is 0.399 e. The highest BCUT2D eigenvalue weighted by Gasteiger charge is 2.11. The van der Waals surface area contributed by atoms with Crippen LogP contribution in [0.4, 0.5) is 5.69 Å². The van der Waals surface area contributed by atoms with Crippen molar-refractivity contribution in [3.05, 3.63) is 53.6 Å². The predicted molar refractivity (Wildman–Crippen MR) is 79.5 cm³/mol. The number of nitrogen functional groups attached to an aromatic ring is 1. The Kier molecular flexibility index (Phi) is 4.12. The molecule has 98 valence electrons. The van der Waals surface area contributed by atoms with Gasteiger partial charge in [-0.15, -0.1) is 0 Å². The molecule has 0 aliphatic heterocycles. The topological polar surface area (TPSA) is 55.1 Å². The van der Waals surface area contributed by atoms with Crippen molar-refractivity contribution < 1.29 is 4.79 Å². The molecule has 0 heterocycles. The lowest BCUT2D eigenvalue weighted by Gasteiger charge is -2.09. The maximum atomic E-state index is 11.8. The molecular formula is C15H16N2OS. The van der Waals surface area contributed by atoms with Crippen LogP contribution in [0.25, 0.3) is 0 Å². The molecule has 4 heteroatoms. The van der Waals surface area contributed by atoms with Gasteiger partial charge in [0.1, 0.15) is 0 Å². The smallest absolute Gasteiger partial charge is 0.252 e. The van der Waals surface area contributed by atoms with Crippen LogP contribution in [-0.4, -0.2) is 13.0 Å². The van der Waals surface area contributed by atoms with Crippen molar-refractivity contribution in [1.29, 1.82) is 0 Å². The van der Waals surface area contributed by atoms with Crippen molar-refractivity contribution in [2.24, 2.45) is 0 Å². The molecule has 19 heavy (non-hydrogen) atoms. The van der Waals surface area contributed by atoms with E-state index in [1.165, 1.54) is 5.56 Å². The average molecular weight is 272 g/mol. The summed E-state index contributed by atoms with van der Waals surface area (Å²) >= 11 is 1.55. The van der Waals surface area contributed by atoms with Crippen molar-refractivity contribution in [2.75, 3.05) is 12.8 Å². The van der Waals surface area contributed by atoms with Crippen molar-refractivity contribution >= 4 is 23.4 Å². The van der Waals surface area contributed by atoms with Crippen LogP contribution < -0.4 is 11.1 Å². The van der Waals surface area contributed by atoms with E-state index in [1.807, 2.05) is 31.2 Å². The first-order chi connectivity index (χ1) is 9.10. The highest BCUT2D eigenvalue weighted by Crippen LogP contribution is 2.32. The Morgan fingerprint density at radius 2 is 2.00 bits per heavy atom. The quantitative estimate of drug-likeness (QED) is 0.844. The summed E-state index contributed by atoms with van der Waals surface area (Å²) in [4.78, 5) is 13.8. The molecule has 0 aliphatic rings. The number of benzene rings is 2. The summed E-state index contributed by atoms with van der Waals surface area (Å²) in [5, 5.41) is 2.65. The van der Waals surface area contributed by atoms with Crippen LogP contribution in [0.5, 0.6) is 0 Å². The molecule has 3 nitrogen and oxygen atoms in total. The van der Waals surface area contributed by atoms with E-state index in [2.05, 4.69) is 11.4 Å². The maximum Gasteiger partial charge on any atom is 0.252 e. The number of nitrogens with one attached hydrogen (secondary N) is 1. The molecular weight excluding hydrogens is 256 g/mol. The summed E-state index contributed by atoms with van der Waals surface area (Å²) < 4.78 is 0. The fourth-order valence-corrected chi connectivity index (χ4v) is 2.86. The van der Waals surface area contributed by atoms with Gasteiger partial charge in [0.25, 0.3) is 5.91 Å². The summed E-state index contributed by atoms with van der Waals surface area (Å²) in [5.74, 6) is -0.102. The van der Waals surface area contributed by atoms with E-state index < -0.39 is 0 Å². The van der Waals surface area contributed by atoms with Crippen molar-refractivity contribution in [3.63, 3.8) is 0 Å². The number of carbonyl (C=O) groups is 1. The van der Waals surface area contributed by atoms with E-state index in [9.17, 15) is 4.79 Å². The van der Waals surface area contributed by atoms with Gasteiger partial charge in [0.05, 0.1) is 5.56 Å². The molecule has 0 aliphatic carbocycles. The van der Waals surface area contributed by atoms with Gasteiger partial charge in [-0.2, -0.15) is 0 Å². The number of hydrogen-bond acceptors (Lipinski definition) is 3. The molecule has 0 bridgehead atoms. The van der Waals surface area contributed by atoms with Gasteiger partial charge >= 0.3 is 0 Å². The third-order valence-corrected chi connectivity index (χ3v) is 3.74. The maximum absolute atomic E-state index is 11.8. The number of hydrogen-bond donors (Lipinski definition) is 2. The summed E-state index contributed by atoms with van der Waals surface area (Å²) in [6.45, 7) is 2.04. The molecule has 0 saturated heterocycles. The van der Waals surface area contributed by atoms with Crippen LogP contribution in [0.15, 0.2) is 52.3 Å². The van der Waals surface area contributed by atoms with E-state index in [4.69, 9.17) is 5.73 Å². The van der Waals surface area contributed by atoms with Crippen LogP contribution >= 0.6 is 11.8 Å². The number of nitrogens with two attached hydrogens (primary N) is 1. The highest BCUT2D eigenvalue weighted by molar-refractivity contribution is 7.99. The van der Waals surface area contributed by atoms with E-state index in [1.54, 1.807) is 30.9 Å². The van der Waals surface area contributed by atoms with Gasteiger partial charge in [0.15, 0.2) is 0 Å². The molecule has 0 spiro atoms. The minimum absolute atomic E-state index is 0.102. The molecule has 1 amide bonds. The Balaban J connectivity index is 2.38. The number of amides is 1. The molecule has 3 N–H and O–H groups in total. The summed E-state index contributed by atoms with van der Waals surface area (Å²) in [6.07, 6.45) is 0. The Morgan fingerprint density at radius 3 is 2.68 bits per heavy atom. The lowest BCUT2D eigenvalue weighted by Crippen LogP contribution is -2.18. The third-order valence-electron chi connectivity index (χ3n) is 2.69. The number of carbonyl (C=O) groups excluding carboxylic acids is 1. The Bertz CT molecular complexity index is 611. The first kappa shape index (κ1) is 13.5. The Hall–Kier alpha value is -1.94. The van der Waals surface area contributed by atoms with Crippen LogP contribution in [0.3, 0.4) is 0 Å². The molecule has 0 radical (unpaired) electrons. The van der Waals surface area contributed by atoms with Gasteiger partial charge in [0, 0.05) is 22.5 Å². The standard InChI is InChI=1S/C15H16N2OS/c1-10-4-3-5-12(8-10)19-14-9-11(16)6-7-13(14)15(18)17-2/h3-9H,16H2,1-2H3,(H,17,18). The SMILES string of the molecule is CNC(=O)c1ccc(N)cc1Sc1cccc(C)c1.